The molecule has 2 heterocycles. The highest BCUT2D eigenvalue weighted by Crippen LogP contribution is 2.23. The van der Waals surface area contributed by atoms with Crippen LogP contribution in [0.2, 0.25) is 0 Å². The molecular weight excluding hydrogens is 282 g/mol. The Kier molecular flexibility index (Phi) is 3.93. The summed E-state index contributed by atoms with van der Waals surface area (Å²) in [6, 6.07) is 12.4. The van der Waals surface area contributed by atoms with Crippen LogP contribution in [0.1, 0.15) is 31.2 Å². The van der Waals surface area contributed by atoms with E-state index in [0.717, 1.165) is 29.1 Å². The molecule has 0 radical (unpaired) electrons. The van der Waals surface area contributed by atoms with Crippen molar-refractivity contribution in [3.63, 3.8) is 0 Å². The third-order valence-electron chi connectivity index (χ3n) is 3.60. The molecule has 3 rings (SSSR count). The smallest absolute Gasteiger partial charge is 0.164 e. The first-order chi connectivity index (χ1) is 10.2. The zero-order valence-corrected chi connectivity index (χ0v) is 13.0. The van der Waals surface area contributed by atoms with E-state index in [9.17, 15) is 0 Å². The minimum absolute atomic E-state index is 0.490. The van der Waals surface area contributed by atoms with Crippen LogP contribution in [0.3, 0.4) is 0 Å². The highest BCUT2D eigenvalue weighted by Gasteiger charge is 2.13. The molecule has 0 fully saturated rings. The number of nitrogens with zero attached hydrogens (tertiary/aromatic N) is 3. The normalized spacial score (nSPS) is 11.4. The number of hydrogen-bond acceptors (Lipinski definition) is 2. The van der Waals surface area contributed by atoms with Gasteiger partial charge in [0.25, 0.3) is 0 Å². The van der Waals surface area contributed by atoms with Crippen LogP contribution in [-0.2, 0) is 6.42 Å². The van der Waals surface area contributed by atoms with E-state index in [-0.39, 0.29) is 0 Å². The molecule has 2 aromatic heterocycles. The lowest BCUT2D eigenvalue weighted by Gasteiger charge is -2.11. The molecule has 0 bridgehead atoms. The first kappa shape index (κ1) is 14.1. The monoisotopic (exact) mass is 299 g/mol. The molecular formula is C17H18ClN3. The van der Waals surface area contributed by atoms with E-state index in [1.807, 2.05) is 12.1 Å². The molecule has 3 aromatic rings. The standard InChI is InChI=1S/C17H18ClN3/c1-12(2)13-5-3-6-14(11-13)21-16(8-9-18)20-15-7-4-10-19-17(15)21/h3-7,10-12H,8-9H2,1-2H3. The van der Waals surface area contributed by atoms with Crippen LogP contribution in [0.15, 0.2) is 42.6 Å². The third-order valence-corrected chi connectivity index (χ3v) is 3.79. The number of rotatable bonds is 4. The van der Waals surface area contributed by atoms with E-state index in [0.29, 0.717) is 11.8 Å². The minimum Gasteiger partial charge on any atom is -0.281 e. The number of aryl methyl sites for hydroxylation is 1. The van der Waals surface area contributed by atoms with Crippen molar-refractivity contribution in [1.29, 1.82) is 0 Å². The summed E-state index contributed by atoms with van der Waals surface area (Å²) in [6.07, 6.45) is 2.53. The second kappa shape index (κ2) is 5.86. The number of pyridine rings is 1. The maximum Gasteiger partial charge on any atom is 0.164 e. The number of fused-ring (bicyclic) bond motifs is 1. The van der Waals surface area contributed by atoms with Gasteiger partial charge in [-0.15, -0.1) is 11.6 Å². The van der Waals surface area contributed by atoms with E-state index >= 15 is 0 Å². The molecule has 21 heavy (non-hydrogen) atoms. The molecule has 108 valence electrons. The Morgan fingerprint density at radius 2 is 2.05 bits per heavy atom. The minimum atomic E-state index is 0.490. The van der Waals surface area contributed by atoms with Gasteiger partial charge in [-0.25, -0.2) is 9.97 Å². The van der Waals surface area contributed by atoms with Gasteiger partial charge in [0, 0.05) is 24.2 Å². The van der Waals surface area contributed by atoms with Crippen molar-refractivity contribution in [1.82, 2.24) is 14.5 Å². The fourth-order valence-corrected chi connectivity index (χ4v) is 2.67. The highest BCUT2D eigenvalue weighted by molar-refractivity contribution is 6.17. The second-order valence-electron chi connectivity index (χ2n) is 5.40. The summed E-state index contributed by atoms with van der Waals surface area (Å²) < 4.78 is 2.11. The van der Waals surface area contributed by atoms with Gasteiger partial charge in [0.05, 0.1) is 0 Å². The molecule has 1 aromatic carbocycles. The SMILES string of the molecule is CC(C)c1cccc(-n2c(CCCl)nc3cccnc32)c1. The maximum absolute atomic E-state index is 5.93. The zero-order chi connectivity index (χ0) is 14.8. The molecule has 0 spiro atoms. The predicted octanol–water partition coefficient (Wildman–Crippen LogP) is 4.33. The fraction of sp³-hybridized carbons (Fsp3) is 0.294. The van der Waals surface area contributed by atoms with E-state index < -0.39 is 0 Å². The van der Waals surface area contributed by atoms with Crippen LogP contribution in [0.4, 0.5) is 0 Å². The molecule has 0 atom stereocenters. The lowest BCUT2D eigenvalue weighted by Crippen LogP contribution is -2.03. The molecule has 0 N–H and O–H groups in total. The first-order valence-corrected chi connectivity index (χ1v) is 7.73. The van der Waals surface area contributed by atoms with E-state index in [1.165, 1.54) is 5.56 Å². The van der Waals surface area contributed by atoms with Crippen molar-refractivity contribution >= 4 is 22.8 Å². The number of benzene rings is 1. The highest BCUT2D eigenvalue weighted by atomic mass is 35.5. The van der Waals surface area contributed by atoms with Crippen LogP contribution < -0.4 is 0 Å². The van der Waals surface area contributed by atoms with Crippen LogP contribution in [0.25, 0.3) is 16.9 Å². The summed E-state index contributed by atoms with van der Waals surface area (Å²) >= 11 is 5.93. The van der Waals surface area contributed by atoms with Gasteiger partial charge in [-0.1, -0.05) is 26.0 Å². The molecule has 3 nitrogen and oxygen atoms in total. The first-order valence-electron chi connectivity index (χ1n) is 7.19. The topological polar surface area (TPSA) is 30.7 Å². The van der Waals surface area contributed by atoms with Gasteiger partial charge in [-0.05, 0) is 35.7 Å². The van der Waals surface area contributed by atoms with Crippen LogP contribution >= 0.6 is 11.6 Å². The zero-order valence-electron chi connectivity index (χ0n) is 12.3. The van der Waals surface area contributed by atoms with E-state index in [4.69, 9.17) is 11.6 Å². The second-order valence-corrected chi connectivity index (χ2v) is 5.78. The number of hydrogen-bond donors (Lipinski definition) is 0. The Morgan fingerprint density at radius 1 is 1.19 bits per heavy atom. The number of aromatic nitrogens is 3. The molecule has 0 unspecified atom stereocenters. The average molecular weight is 300 g/mol. The fourth-order valence-electron chi connectivity index (χ4n) is 2.51. The van der Waals surface area contributed by atoms with Crippen molar-refractivity contribution < 1.29 is 0 Å². The van der Waals surface area contributed by atoms with Gasteiger partial charge in [-0.3, -0.25) is 4.57 Å². The third kappa shape index (κ3) is 2.66. The van der Waals surface area contributed by atoms with Crippen molar-refractivity contribution in [3.8, 4) is 5.69 Å². The van der Waals surface area contributed by atoms with Gasteiger partial charge in [-0.2, -0.15) is 0 Å². The Bertz CT molecular complexity index is 762. The van der Waals surface area contributed by atoms with Crippen molar-refractivity contribution in [3.05, 3.63) is 54.0 Å². The summed E-state index contributed by atoms with van der Waals surface area (Å²) in [6.45, 7) is 4.39. The van der Waals surface area contributed by atoms with Gasteiger partial charge in [0.1, 0.15) is 11.3 Å². The number of imidazole rings is 1. The average Bonchev–Trinajstić information content (AvgIpc) is 2.85. The van der Waals surface area contributed by atoms with E-state index in [1.54, 1.807) is 6.20 Å². The Hall–Kier alpha value is -1.87. The predicted molar refractivity (Wildman–Crippen MR) is 87.4 cm³/mol. The molecule has 4 heteroatoms. The largest absolute Gasteiger partial charge is 0.281 e. The Balaban J connectivity index is 2.22. The number of halogens is 1. The molecule has 0 aliphatic rings. The summed E-state index contributed by atoms with van der Waals surface area (Å²) in [5, 5.41) is 0. The van der Waals surface area contributed by atoms with E-state index in [2.05, 4.69) is 52.6 Å². The molecule has 0 aliphatic heterocycles. The summed E-state index contributed by atoms with van der Waals surface area (Å²) in [5.41, 5.74) is 4.20. The molecule has 0 amide bonds. The van der Waals surface area contributed by atoms with Gasteiger partial charge in [0.15, 0.2) is 5.65 Å². The summed E-state index contributed by atoms with van der Waals surface area (Å²) in [4.78, 5) is 9.16. The summed E-state index contributed by atoms with van der Waals surface area (Å²) in [5.74, 6) is 2.00. The van der Waals surface area contributed by atoms with Crippen LogP contribution in [0.5, 0.6) is 0 Å². The van der Waals surface area contributed by atoms with Crippen molar-refractivity contribution in [2.45, 2.75) is 26.2 Å². The van der Waals surface area contributed by atoms with Crippen molar-refractivity contribution in [2.24, 2.45) is 0 Å². The molecule has 0 aliphatic carbocycles. The Labute approximate surface area is 129 Å². The Morgan fingerprint density at radius 3 is 2.81 bits per heavy atom. The quantitative estimate of drug-likeness (QED) is 0.672. The molecule has 0 saturated carbocycles. The lowest BCUT2D eigenvalue weighted by atomic mass is 10.0. The number of alkyl halides is 1. The van der Waals surface area contributed by atoms with Crippen LogP contribution in [0, 0.1) is 0 Å². The van der Waals surface area contributed by atoms with Gasteiger partial charge >= 0.3 is 0 Å². The molecule has 0 saturated heterocycles. The lowest BCUT2D eigenvalue weighted by molar-refractivity contribution is 0.856. The maximum atomic E-state index is 5.93. The van der Waals surface area contributed by atoms with Gasteiger partial charge in [0.2, 0.25) is 0 Å². The van der Waals surface area contributed by atoms with Crippen molar-refractivity contribution in [2.75, 3.05) is 5.88 Å². The summed E-state index contributed by atoms with van der Waals surface area (Å²) in [7, 11) is 0. The van der Waals surface area contributed by atoms with Gasteiger partial charge < -0.3 is 0 Å². The van der Waals surface area contributed by atoms with Crippen LogP contribution in [-0.4, -0.2) is 20.4 Å².